The summed E-state index contributed by atoms with van der Waals surface area (Å²) in [6.45, 7) is 7.18. The van der Waals surface area contributed by atoms with Gasteiger partial charge in [0.05, 0.1) is 12.8 Å². The minimum Gasteiger partial charge on any atom is -0.495 e. The van der Waals surface area contributed by atoms with Gasteiger partial charge in [-0.3, -0.25) is 4.79 Å². The molecule has 1 aromatic heterocycles. The molecule has 23 heavy (non-hydrogen) atoms. The summed E-state index contributed by atoms with van der Waals surface area (Å²) in [5, 5.41) is 3.19. The quantitative estimate of drug-likeness (QED) is 0.887. The molecule has 122 valence electrons. The van der Waals surface area contributed by atoms with Crippen molar-refractivity contribution in [1.82, 2.24) is 14.9 Å². The van der Waals surface area contributed by atoms with Crippen LogP contribution in [0.25, 0.3) is 0 Å². The lowest BCUT2D eigenvalue weighted by Crippen LogP contribution is -2.31. The number of aromatic nitrogens is 2. The van der Waals surface area contributed by atoms with Crippen LogP contribution in [0.5, 0.6) is 5.75 Å². The lowest BCUT2D eigenvalue weighted by Gasteiger charge is -2.18. The van der Waals surface area contributed by atoms with Crippen molar-refractivity contribution in [1.29, 1.82) is 0 Å². The first-order chi connectivity index (χ1) is 11.1. The van der Waals surface area contributed by atoms with E-state index in [1.54, 1.807) is 18.1 Å². The van der Waals surface area contributed by atoms with Crippen molar-refractivity contribution in [3.05, 3.63) is 41.9 Å². The minimum atomic E-state index is -0.100. The molecule has 0 bridgehead atoms. The normalized spacial score (nSPS) is 10.3. The Morgan fingerprint density at radius 1 is 1.22 bits per heavy atom. The Bertz CT molecular complexity index is 684. The molecule has 0 atom stereocenters. The summed E-state index contributed by atoms with van der Waals surface area (Å²) in [7, 11) is 1.62. The van der Waals surface area contributed by atoms with E-state index in [0.717, 1.165) is 11.3 Å². The number of rotatable bonds is 6. The molecule has 0 fully saturated rings. The highest BCUT2D eigenvalue weighted by Gasteiger charge is 2.15. The second-order valence-electron chi connectivity index (χ2n) is 5.09. The third-order valence-corrected chi connectivity index (χ3v) is 3.55. The second kappa shape index (κ2) is 7.58. The summed E-state index contributed by atoms with van der Waals surface area (Å²) < 4.78 is 5.34. The molecule has 0 aliphatic carbocycles. The molecule has 0 aliphatic rings. The summed E-state index contributed by atoms with van der Waals surface area (Å²) in [5.74, 6) is 1.17. The first-order valence-electron chi connectivity index (χ1n) is 7.62. The van der Waals surface area contributed by atoms with E-state index in [4.69, 9.17) is 4.74 Å². The zero-order valence-corrected chi connectivity index (χ0v) is 14.0. The van der Waals surface area contributed by atoms with E-state index < -0.39 is 0 Å². The number of nitrogens with zero attached hydrogens (tertiary/aromatic N) is 3. The van der Waals surface area contributed by atoms with Gasteiger partial charge in [-0.15, -0.1) is 0 Å². The van der Waals surface area contributed by atoms with Crippen LogP contribution < -0.4 is 10.1 Å². The van der Waals surface area contributed by atoms with Gasteiger partial charge in [-0.25, -0.2) is 9.97 Å². The minimum absolute atomic E-state index is 0.100. The molecule has 2 aromatic rings. The Labute approximate surface area is 136 Å². The molecule has 1 aromatic carbocycles. The van der Waals surface area contributed by atoms with Gasteiger partial charge in [-0.1, -0.05) is 6.07 Å². The lowest BCUT2D eigenvalue weighted by atomic mass is 10.2. The van der Waals surface area contributed by atoms with Gasteiger partial charge in [-0.2, -0.15) is 0 Å². The summed E-state index contributed by atoms with van der Waals surface area (Å²) in [5.41, 5.74) is 2.27. The van der Waals surface area contributed by atoms with Crippen LogP contribution in [0.1, 0.15) is 29.9 Å². The first-order valence-corrected chi connectivity index (χ1v) is 7.62. The molecule has 0 unspecified atom stereocenters. The molecule has 0 radical (unpaired) electrons. The average Bonchev–Trinajstić information content (AvgIpc) is 2.56. The molecule has 0 spiro atoms. The molecule has 0 saturated carbocycles. The van der Waals surface area contributed by atoms with Crippen LogP contribution in [0.3, 0.4) is 0 Å². The Morgan fingerprint density at radius 2 is 1.96 bits per heavy atom. The van der Waals surface area contributed by atoms with E-state index in [1.807, 2.05) is 39.0 Å². The van der Waals surface area contributed by atoms with Crippen molar-refractivity contribution < 1.29 is 9.53 Å². The van der Waals surface area contributed by atoms with Gasteiger partial charge in [0.25, 0.3) is 5.91 Å². The number of carbonyl (C=O) groups excluding carboxylic acids is 1. The fourth-order valence-corrected chi connectivity index (χ4v) is 2.27. The molecule has 1 amide bonds. The number of aryl methyl sites for hydroxylation is 1. The Morgan fingerprint density at radius 3 is 2.61 bits per heavy atom. The molecule has 1 heterocycles. The Kier molecular flexibility index (Phi) is 5.51. The zero-order chi connectivity index (χ0) is 16.8. The first kappa shape index (κ1) is 16.7. The van der Waals surface area contributed by atoms with Crippen LogP contribution in [0.4, 0.5) is 11.5 Å². The van der Waals surface area contributed by atoms with Crippen molar-refractivity contribution in [2.75, 3.05) is 25.5 Å². The fraction of sp³-hybridized carbons (Fsp3) is 0.353. The topological polar surface area (TPSA) is 67.4 Å². The number of hydrogen-bond donors (Lipinski definition) is 1. The fourth-order valence-electron chi connectivity index (χ4n) is 2.27. The number of methoxy groups -OCH3 is 1. The monoisotopic (exact) mass is 314 g/mol. The number of anilines is 2. The molecule has 0 saturated heterocycles. The average molecular weight is 314 g/mol. The van der Waals surface area contributed by atoms with Gasteiger partial charge < -0.3 is 15.0 Å². The maximum atomic E-state index is 12.4. The number of carbonyl (C=O) groups is 1. The van der Waals surface area contributed by atoms with Gasteiger partial charge in [-0.05, 0) is 38.5 Å². The van der Waals surface area contributed by atoms with Gasteiger partial charge in [0.15, 0.2) is 0 Å². The van der Waals surface area contributed by atoms with Gasteiger partial charge in [0.1, 0.15) is 23.6 Å². The number of amides is 1. The number of hydrogen-bond acceptors (Lipinski definition) is 5. The number of nitrogens with one attached hydrogen (secondary N) is 1. The molecule has 6 nitrogen and oxygen atoms in total. The van der Waals surface area contributed by atoms with Crippen molar-refractivity contribution >= 4 is 17.4 Å². The molecular weight excluding hydrogens is 292 g/mol. The number of benzene rings is 1. The van der Waals surface area contributed by atoms with Crippen LogP contribution in [0.2, 0.25) is 0 Å². The maximum Gasteiger partial charge on any atom is 0.272 e. The Hall–Kier alpha value is -2.63. The van der Waals surface area contributed by atoms with E-state index in [9.17, 15) is 4.79 Å². The maximum absolute atomic E-state index is 12.4. The lowest BCUT2D eigenvalue weighted by molar-refractivity contribution is 0.0767. The third kappa shape index (κ3) is 3.97. The van der Waals surface area contributed by atoms with E-state index in [-0.39, 0.29) is 5.91 Å². The van der Waals surface area contributed by atoms with Gasteiger partial charge >= 0.3 is 0 Å². The van der Waals surface area contributed by atoms with E-state index >= 15 is 0 Å². The van der Waals surface area contributed by atoms with Crippen molar-refractivity contribution in [2.45, 2.75) is 20.8 Å². The van der Waals surface area contributed by atoms with E-state index in [1.165, 1.54) is 6.33 Å². The summed E-state index contributed by atoms with van der Waals surface area (Å²) in [6.07, 6.45) is 1.39. The highest BCUT2D eigenvalue weighted by Crippen LogP contribution is 2.27. The Balaban J connectivity index is 2.27. The highest BCUT2D eigenvalue weighted by molar-refractivity contribution is 5.93. The van der Waals surface area contributed by atoms with Crippen molar-refractivity contribution in [2.24, 2.45) is 0 Å². The van der Waals surface area contributed by atoms with E-state index in [0.29, 0.717) is 30.4 Å². The van der Waals surface area contributed by atoms with Crippen molar-refractivity contribution in [3.8, 4) is 5.75 Å². The largest absolute Gasteiger partial charge is 0.495 e. The zero-order valence-electron chi connectivity index (χ0n) is 14.0. The van der Waals surface area contributed by atoms with Gasteiger partial charge in [0.2, 0.25) is 0 Å². The smallest absolute Gasteiger partial charge is 0.272 e. The molecule has 1 N–H and O–H groups in total. The molecule has 0 aliphatic heterocycles. The predicted molar refractivity (Wildman–Crippen MR) is 90.3 cm³/mol. The molecule has 6 heteroatoms. The molecular formula is C17H22N4O2. The van der Waals surface area contributed by atoms with Crippen LogP contribution >= 0.6 is 0 Å². The summed E-state index contributed by atoms with van der Waals surface area (Å²) >= 11 is 0. The van der Waals surface area contributed by atoms with Crippen LogP contribution in [-0.4, -0.2) is 41.0 Å². The van der Waals surface area contributed by atoms with E-state index in [2.05, 4.69) is 15.3 Å². The summed E-state index contributed by atoms with van der Waals surface area (Å²) in [6, 6.07) is 7.48. The number of ether oxygens (including phenoxy) is 1. The van der Waals surface area contributed by atoms with Crippen LogP contribution in [0.15, 0.2) is 30.6 Å². The van der Waals surface area contributed by atoms with Crippen LogP contribution in [0, 0.1) is 6.92 Å². The van der Waals surface area contributed by atoms with Crippen molar-refractivity contribution in [3.63, 3.8) is 0 Å². The standard InChI is InChI=1S/C17H22N4O2/c1-5-21(6-2)17(22)14-10-16(19-11-18-14)20-13-9-12(3)7-8-15(13)23-4/h7-11H,5-6H2,1-4H3,(H,18,19,20). The predicted octanol–water partition coefficient (Wildman–Crippen LogP) is 3.02. The van der Waals surface area contributed by atoms with Gasteiger partial charge in [0, 0.05) is 19.2 Å². The van der Waals surface area contributed by atoms with Crippen LogP contribution in [-0.2, 0) is 0 Å². The third-order valence-electron chi connectivity index (χ3n) is 3.55. The summed E-state index contributed by atoms with van der Waals surface area (Å²) in [4.78, 5) is 22.4. The second-order valence-corrected chi connectivity index (χ2v) is 5.09. The highest BCUT2D eigenvalue weighted by atomic mass is 16.5. The molecule has 2 rings (SSSR count). The SMILES string of the molecule is CCN(CC)C(=O)c1cc(Nc2cc(C)ccc2OC)ncn1.